The number of aliphatic carboxylic acids is 1. The van der Waals surface area contributed by atoms with Crippen molar-refractivity contribution in [3.63, 3.8) is 0 Å². The normalized spacial score (nSPS) is 18.8. The van der Waals surface area contributed by atoms with Crippen LogP contribution in [0, 0.1) is 16.7 Å². The number of benzene rings is 1. The lowest BCUT2D eigenvalue weighted by atomic mass is 10.1. The van der Waals surface area contributed by atoms with Gasteiger partial charge in [-0.1, -0.05) is 30.3 Å². The van der Waals surface area contributed by atoms with Crippen LogP contribution < -0.4 is 0 Å². The van der Waals surface area contributed by atoms with Gasteiger partial charge in [0, 0.05) is 23.0 Å². The van der Waals surface area contributed by atoms with Crippen molar-refractivity contribution in [2.75, 3.05) is 5.75 Å². The van der Waals surface area contributed by atoms with Crippen molar-refractivity contribution in [2.45, 2.75) is 30.9 Å². The van der Waals surface area contributed by atoms with E-state index in [2.05, 4.69) is 6.07 Å². The molecule has 0 saturated heterocycles. The van der Waals surface area contributed by atoms with E-state index in [1.54, 1.807) is 0 Å². The summed E-state index contributed by atoms with van der Waals surface area (Å²) in [5, 5.41) is 17.2. The van der Waals surface area contributed by atoms with Gasteiger partial charge in [0.05, 0.1) is 6.07 Å². The van der Waals surface area contributed by atoms with Crippen LogP contribution in [0.3, 0.4) is 0 Å². The van der Waals surface area contributed by atoms with Crippen molar-refractivity contribution in [3.05, 3.63) is 35.9 Å². The fraction of sp³-hybridized carbons (Fsp3) is 0.467. The molecule has 106 valence electrons. The largest absolute Gasteiger partial charge is 0.480 e. The minimum Gasteiger partial charge on any atom is -0.480 e. The molecule has 0 aromatic heterocycles. The van der Waals surface area contributed by atoms with E-state index in [0.717, 1.165) is 18.4 Å². The van der Waals surface area contributed by atoms with Crippen molar-refractivity contribution in [3.8, 4) is 6.07 Å². The summed E-state index contributed by atoms with van der Waals surface area (Å²) < 4.78 is 12.3. The second-order valence-electron chi connectivity index (χ2n) is 5.38. The smallest absolute Gasteiger partial charge is 0.319 e. The Kier molecular flexibility index (Phi) is 4.56. The zero-order valence-corrected chi connectivity index (χ0v) is 11.9. The molecule has 0 radical (unpaired) electrons. The van der Waals surface area contributed by atoms with Gasteiger partial charge in [0.25, 0.3) is 0 Å². The van der Waals surface area contributed by atoms with E-state index in [9.17, 15) is 14.1 Å². The lowest BCUT2D eigenvalue weighted by Gasteiger charge is -2.16. The summed E-state index contributed by atoms with van der Waals surface area (Å²) in [6.07, 6.45) is 2.40. The average molecular weight is 291 g/mol. The lowest BCUT2D eigenvalue weighted by Crippen LogP contribution is -2.32. The van der Waals surface area contributed by atoms with Crippen LogP contribution in [0.15, 0.2) is 30.3 Å². The molecule has 20 heavy (non-hydrogen) atoms. The monoisotopic (exact) mass is 291 g/mol. The molecule has 0 amide bonds. The summed E-state index contributed by atoms with van der Waals surface area (Å²) in [5.41, 5.74) is 0.683. The summed E-state index contributed by atoms with van der Waals surface area (Å²) in [6.45, 7) is 0. The third kappa shape index (κ3) is 3.67. The highest BCUT2D eigenvalue weighted by Crippen LogP contribution is 2.49. The zero-order valence-electron chi connectivity index (χ0n) is 11.1. The minimum atomic E-state index is -1.45. The van der Waals surface area contributed by atoms with Crippen LogP contribution in [0.25, 0.3) is 0 Å². The van der Waals surface area contributed by atoms with Gasteiger partial charge in [-0.2, -0.15) is 5.26 Å². The molecular formula is C15H17NO3S. The second-order valence-corrected chi connectivity index (χ2v) is 7.00. The Bertz CT molecular complexity index is 546. The predicted octanol–water partition coefficient (Wildman–Crippen LogP) is 2.12. The quantitative estimate of drug-likeness (QED) is 0.834. The van der Waals surface area contributed by atoms with E-state index in [-0.39, 0.29) is 11.8 Å². The van der Waals surface area contributed by atoms with Crippen LogP contribution in [-0.4, -0.2) is 26.3 Å². The topological polar surface area (TPSA) is 78.2 Å². The summed E-state index contributed by atoms with van der Waals surface area (Å²) in [5.74, 6) is -0.704. The molecule has 1 aliphatic rings. The molecule has 1 aliphatic carbocycles. The molecule has 2 unspecified atom stereocenters. The van der Waals surface area contributed by atoms with Crippen LogP contribution in [-0.2, 0) is 22.0 Å². The molecule has 1 aromatic carbocycles. The summed E-state index contributed by atoms with van der Waals surface area (Å²) in [4.78, 5) is 11.4. The molecule has 4 nitrogen and oxygen atoms in total. The first-order valence-electron chi connectivity index (χ1n) is 6.57. The van der Waals surface area contributed by atoms with E-state index in [1.807, 2.05) is 30.3 Å². The predicted molar refractivity (Wildman–Crippen MR) is 76.5 cm³/mol. The zero-order chi connectivity index (χ0) is 14.6. The Labute approximate surface area is 120 Å². The molecule has 1 saturated carbocycles. The summed E-state index contributed by atoms with van der Waals surface area (Å²) in [6, 6.07) is 11.3. The molecular weight excluding hydrogens is 274 g/mol. The molecule has 0 bridgehead atoms. The van der Waals surface area contributed by atoms with Gasteiger partial charge in [-0.3, -0.25) is 9.00 Å². The van der Waals surface area contributed by atoms with Crippen LogP contribution in [0.2, 0.25) is 0 Å². The van der Waals surface area contributed by atoms with Crippen LogP contribution in [0.5, 0.6) is 0 Å². The van der Waals surface area contributed by atoms with Crippen molar-refractivity contribution >= 4 is 16.8 Å². The fourth-order valence-corrected chi connectivity index (χ4v) is 4.04. The van der Waals surface area contributed by atoms with Crippen molar-refractivity contribution in [2.24, 2.45) is 5.41 Å². The van der Waals surface area contributed by atoms with E-state index in [0.29, 0.717) is 12.2 Å². The van der Waals surface area contributed by atoms with Crippen molar-refractivity contribution in [1.29, 1.82) is 5.26 Å². The maximum Gasteiger partial charge on any atom is 0.319 e. The van der Waals surface area contributed by atoms with Gasteiger partial charge < -0.3 is 5.11 Å². The van der Waals surface area contributed by atoms with E-state index < -0.39 is 22.0 Å². The Morgan fingerprint density at radius 1 is 1.40 bits per heavy atom. The molecule has 0 heterocycles. The van der Waals surface area contributed by atoms with Crippen LogP contribution in [0.4, 0.5) is 0 Å². The number of nitriles is 1. The first kappa shape index (κ1) is 14.7. The molecule has 1 fully saturated rings. The van der Waals surface area contributed by atoms with Gasteiger partial charge in [0.1, 0.15) is 5.25 Å². The standard InChI is InChI=1S/C15H17NO3S/c16-9-8-15(6-7-15)11-20(19)13(14(17)18)10-12-4-2-1-3-5-12/h1-5,13H,6-8,10-11H2,(H,17,18). The summed E-state index contributed by atoms with van der Waals surface area (Å²) >= 11 is 0. The molecule has 2 rings (SSSR count). The van der Waals surface area contributed by atoms with Gasteiger partial charge in [0.15, 0.2) is 0 Å². The van der Waals surface area contributed by atoms with Crippen molar-refractivity contribution in [1.82, 2.24) is 0 Å². The molecule has 2 atom stereocenters. The Hall–Kier alpha value is -1.67. The molecule has 1 N–H and O–H groups in total. The third-order valence-electron chi connectivity index (χ3n) is 3.72. The number of nitrogens with zero attached hydrogens (tertiary/aromatic N) is 1. The van der Waals surface area contributed by atoms with Crippen LogP contribution in [0.1, 0.15) is 24.8 Å². The van der Waals surface area contributed by atoms with E-state index in [1.165, 1.54) is 0 Å². The van der Waals surface area contributed by atoms with Gasteiger partial charge in [-0.25, -0.2) is 0 Å². The minimum absolute atomic E-state index is 0.190. The number of hydrogen-bond acceptors (Lipinski definition) is 3. The van der Waals surface area contributed by atoms with E-state index in [4.69, 9.17) is 5.26 Å². The third-order valence-corrected chi connectivity index (χ3v) is 5.62. The summed E-state index contributed by atoms with van der Waals surface area (Å²) in [7, 11) is -1.45. The van der Waals surface area contributed by atoms with Crippen LogP contribution >= 0.6 is 0 Å². The lowest BCUT2D eigenvalue weighted by molar-refractivity contribution is -0.136. The fourth-order valence-electron chi connectivity index (χ4n) is 2.24. The molecule has 5 heteroatoms. The number of carboxylic acid groups (broad SMARTS) is 1. The van der Waals surface area contributed by atoms with Gasteiger partial charge in [0.2, 0.25) is 0 Å². The Morgan fingerprint density at radius 3 is 2.55 bits per heavy atom. The van der Waals surface area contributed by atoms with Gasteiger partial charge >= 0.3 is 5.97 Å². The molecule has 0 spiro atoms. The molecule has 0 aliphatic heterocycles. The van der Waals surface area contributed by atoms with Gasteiger partial charge in [-0.05, 0) is 30.2 Å². The highest BCUT2D eigenvalue weighted by Gasteiger charge is 2.45. The first-order valence-corrected chi connectivity index (χ1v) is 7.95. The average Bonchev–Trinajstić information content (AvgIpc) is 3.16. The number of carboxylic acids is 1. The maximum atomic E-state index is 12.3. The van der Waals surface area contributed by atoms with E-state index >= 15 is 0 Å². The SMILES string of the molecule is N#CCC1(CS(=O)C(Cc2ccccc2)C(=O)O)CC1. The second kappa shape index (κ2) is 6.19. The first-order chi connectivity index (χ1) is 9.56. The number of rotatable bonds is 7. The highest BCUT2D eigenvalue weighted by atomic mass is 32.2. The number of carbonyl (C=O) groups is 1. The Balaban J connectivity index is 2.04. The highest BCUT2D eigenvalue weighted by molar-refractivity contribution is 7.86. The van der Waals surface area contributed by atoms with Crippen molar-refractivity contribution < 1.29 is 14.1 Å². The Morgan fingerprint density at radius 2 is 2.05 bits per heavy atom. The molecule has 1 aromatic rings. The maximum absolute atomic E-state index is 12.3. The number of hydrogen-bond donors (Lipinski definition) is 1. The van der Waals surface area contributed by atoms with Gasteiger partial charge in [-0.15, -0.1) is 0 Å².